The van der Waals surface area contributed by atoms with Crippen molar-refractivity contribution in [1.29, 1.82) is 0 Å². The van der Waals surface area contributed by atoms with Gasteiger partial charge in [0, 0.05) is 25.5 Å². The zero-order valence-corrected chi connectivity index (χ0v) is 11.3. The second kappa shape index (κ2) is 6.12. The lowest BCUT2D eigenvalue weighted by atomic mass is 9.87. The summed E-state index contributed by atoms with van der Waals surface area (Å²) in [5, 5.41) is 9.96. The summed E-state index contributed by atoms with van der Waals surface area (Å²) in [6.07, 6.45) is 4.22. The minimum Gasteiger partial charge on any atom is -0.393 e. The van der Waals surface area contributed by atoms with E-state index in [2.05, 4.69) is 43.8 Å². The summed E-state index contributed by atoms with van der Waals surface area (Å²) in [5.41, 5.74) is 1.18. The first kappa shape index (κ1) is 14.1. The Morgan fingerprint density at radius 2 is 2.12 bits per heavy atom. The van der Waals surface area contributed by atoms with Crippen LogP contribution in [0.25, 0.3) is 0 Å². The first-order valence-electron chi connectivity index (χ1n) is 6.15. The lowest BCUT2D eigenvalue weighted by Gasteiger charge is -2.27. The Labute approximate surface area is 104 Å². The van der Waals surface area contributed by atoms with Gasteiger partial charge in [0.2, 0.25) is 0 Å². The van der Waals surface area contributed by atoms with E-state index in [0.29, 0.717) is 0 Å². The summed E-state index contributed by atoms with van der Waals surface area (Å²) in [7, 11) is 2.07. The van der Waals surface area contributed by atoms with E-state index >= 15 is 0 Å². The molecule has 1 aromatic heterocycles. The number of aliphatic hydroxyl groups excluding tert-OH is 1. The van der Waals surface area contributed by atoms with Crippen molar-refractivity contribution in [3.05, 3.63) is 30.1 Å². The molecule has 1 unspecified atom stereocenters. The molecule has 17 heavy (non-hydrogen) atoms. The van der Waals surface area contributed by atoms with Crippen LogP contribution >= 0.6 is 0 Å². The third kappa shape index (κ3) is 5.29. The molecule has 1 heterocycles. The Balaban J connectivity index is 2.33. The Morgan fingerprint density at radius 1 is 1.41 bits per heavy atom. The van der Waals surface area contributed by atoms with Gasteiger partial charge >= 0.3 is 0 Å². The van der Waals surface area contributed by atoms with Crippen molar-refractivity contribution < 1.29 is 5.11 Å². The number of aliphatic hydroxyl groups is 1. The molecule has 0 aliphatic heterocycles. The maximum Gasteiger partial charge on any atom is 0.0600 e. The van der Waals surface area contributed by atoms with Gasteiger partial charge in [-0.05, 0) is 30.5 Å². The van der Waals surface area contributed by atoms with Gasteiger partial charge < -0.3 is 10.0 Å². The van der Waals surface area contributed by atoms with Gasteiger partial charge in [-0.1, -0.05) is 26.8 Å². The molecule has 3 nitrogen and oxygen atoms in total. The molecule has 96 valence electrons. The number of hydrogen-bond donors (Lipinski definition) is 1. The molecule has 0 aromatic carbocycles. The van der Waals surface area contributed by atoms with E-state index in [1.807, 2.05) is 12.3 Å². The molecule has 0 aliphatic carbocycles. The van der Waals surface area contributed by atoms with Crippen LogP contribution < -0.4 is 0 Å². The maximum absolute atomic E-state index is 9.96. The molecule has 0 saturated heterocycles. The lowest BCUT2D eigenvalue weighted by molar-refractivity contribution is 0.0473. The van der Waals surface area contributed by atoms with Gasteiger partial charge in [-0.15, -0.1) is 0 Å². The molecule has 0 bridgehead atoms. The summed E-state index contributed by atoms with van der Waals surface area (Å²) >= 11 is 0. The van der Waals surface area contributed by atoms with Crippen LogP contribution in [0.3, 0.4) is 0 Å². The first-order valence-corrected chi connectivity index (χ1v) is 6.15. The number of pyridine rings is 1. The molecule has 1 aromatic rings. The second-order valence-corrected chi connectivity index (χ2v) is 5.77. The van der Waals surface area contributed by atoms with Crippen molar-refractivity contribution in [2.45, 2.75) is 39.8 Å². The summed E-state index contributed by atoms with van der Waals surface area (Å²) in [6.45, 7) is 7.98. The van der Waals surface area contributed by atoms with Crippen LogP contribution in [0.2, 0.25) is 0 Å². The van der Waals surface area contributed by atoms with E-state index in [9.17, 15) is 5.11 Å². The van der Waals surface area contributed by atoms with Gasteiger partial charge in [-0.2, -0.15) is 0 Å². The van der Waals surface area contributed by atoms with Crippen LogP contribution in [0.15, 0.2) is 24.5 Å². The molecular weight excluding hydrogens is 212 g/mol. The molecule has 0 spiro atoms. The topological polar surface area (TPSA) is 36.4 Å². The standard InChI is InChI=1S/C14H24N2O/c1-14(2,3)13(17)7-9-16(4)11-12-6-5-8-15-10-12/h5-6,8,10,13,17H,7,9,11H2,1-4H3. The van der Waals surface area contributed by atoms with Crippen molar-refractivity contribution >= 4 is 0 Å². The zero-order chi connectivity index (χ0) is 12.9. The Morgan fingerprint density at radius 3 is 2.65 bits per heavy atom. The highest BCUT2D eigenvalue weighted by molar-refractivity contribution is 5.07. The third-order valence-corrected chi connectivity index (χ3v) is 2.96. The number of nitrogens with zero attached hydrogens (tertiary/aromatic N) is 2. The molecule has 1 atom stereocenters. The van der Waals surface area contributed by atoms with Crippen LogP contribution in [0.1, 0.15) is 32.8 Å². The Hall–Kier alpha value is -0.930. The summed E-state index contributed by atoms with van der Waals surface area (Å²) < 4.78 is 0. The van der Waals surface area contributed by atoms with Crippen molar-refractivity contribution in [2.24, 2.45) is 5.41 Å². The number of aromatic nitrogens is 1. The van der Waals surface area contributed by atoms with Crippen LogP contribution in [-0.2, 0) is 6.54 Å². The van der Waals surface area contributed by atoms with E-state index in [0.717, 1.165) is 19.5 Å². The number of hydrogen-bond acceptors (Lipinski definition) is 3. The normalized spacial score (nSPS) is 14.0. The fourth-order valence-corrected chi connectivity index (χ4v) is 1.66. The molecule has 1 rings (SSSR count). The van der Waals surface area contributed by atoms with E-state index in [1.165, 1.54) is 5.56 Å². The van der Waals surface area contributed by atoms with Crippen LogP contribution in [-0.4, -0.2) is 34.7 Å². The summed E-state index contributed by atoms with van der Waals surface area (Å²) in [5.74, 6) is 0. The predicted molar refractivity (Wildman–Crippen MR) is 70.6 cm³/mol. The third-order valence-electron chi connectivity index (χ3n) is 2.96. The van der Waals surface area contributed by atoms with Crippen molar-refractivity contribution in [3.63, 3.8) is 0 Å². The monoisotopic (exact) mass is 236 g/mol. The average Bonchev–Trinajstić information content (AvgIpc) is 2.26. The zero-order valence-electron chi connectivity index (χ0n) is 11.3. The minimum absolute atomic E-state index is 0.0326. The van der Waals surface area contributed by atoms with Gasteiger partial charge in [0.05, 0.1) is 6.10 Å². The van der Waals surface area contributed by atoms with Gasteiger partial charge in [0.15, 0.2) is 0 Å². The van der Waals surface area contributed by atoms with Crippen LogP contribution in [0, 0.1) is 5.41 Å². The highest BCUT2D eigenvalue weighted by Gasteiger charge is 2.21. The Kier molecular flexibility index (Phi) is 5.09. The predicted octanol–water partition coefficient (Wildman–Crippen LogP) is 2.31. The van der Waals surface area contributed by atoms with E-state index in [1.54, 1.807) is 6.20 Å². The average molecular weight is 236 g/mol. The highest BCUT2D eigenvalue weighted by Crippen LogP contribution is 2.21. The molecule has 1 N–H and O–H groups in total. The molecule has 0 amide bonds. The van der Waals surface area contributed by atoms with E-state index in [4.69, 9.17) is 0 Å². The van der Waals surface area contributed by atoms with Gasteiger partial charge in [-0.3, -0.25) is 4.98 Å². The fraction of sp³-hybridized carbons (Fsp3) is 0.643. The van der Waals surface area contributed by atoms with Crippen molar-refractivity contribution in [1.82, 2.24) is 9.88 Å². The highest BCUT2D eigenvalue weighted by atomic mass is 16.3. The van der Waals surface area contributed by atoms with Gasteiger partial charge in [0.1, 0.15) is 0 Å². The van der Waals surface area contributed by atoms with E-state index < -0.39 is 0 Å². The van der Waals surface area contributed by atoms with Crippen LogP contribution in [0.4, 0.5) is 0 Å². The largest absolute Gasteiger partial charge is 0.393 e. The molecular formula is C14H24N2O. The number of rotatable bonds is 5. The summed E-state index contributed by atoms with van der Waals surface area (Å²) in [4.78, 5) is 6.31. The quantitative estimate of drug-likeness (QED) is 0.852. The van der Waals surface area contributed by atoms with Crippen molar-refractivity contribution in [3.8, 4) is 0 Å². The van der Waals surface area contributed by atoms with Crippen molar-refractivity contribution in [2.75, 3.05) is 13.6 Å². The maximum atomic E-state index is 9.96. The molecule has 0 fully saturated rings. The van der Waals surface area contributed by atoms with Crippen LogP contribution in [0.5, 0.6) is 0 Å². The van der Waals surface area contributed by atoms with E-state index in [-0.39, 0.29) is 11.5 Å². The fourth-order valence-electron chi connectivity index (χ4n) is 1.66. The SMILES string of the molecule is CN(CCC(O)C(C)(C)C)Cc1cccnc1. The molecule has 0 aliphatic rings. The van der Waals surface area contributed by atoms with Gasteiger partial charge in [-0.25, -0.2) is 0 Å². The second-order valence-electron chi connectivity index (χ2n) is 5.77. The molecule has 3 heteroatoms. The Bertz CT molecular complexity index is 319. The van der Waals surface area contributed by atoms with Gasteiger partial charge in [0.25, 0.3) is 0 Å². The minimum atomic E-state index is -0.251. The molecule has 0 radical (unpaired) electrons. The lowest BCUT2D eigenvalue weighted by Crippen LogP contribution is -2.30. The first-order chi connectivity index (χ1) is 7.89. The molecule has 0 saturated carbocycles. The smallest absolute Gasteiger partial charge is 0.0600 e. The summed E-state index contributed by atoms with van der Waals surface area (Å²) in [6, 6.07) is 4.02.